The van der Waals surface area contributed by atoms with Gasteiger partial charge in [-0.15, -0.1) is 11.3 Å². The maximum Gasteiger partial charge on any atom is 0.0998 e. The number of hydrogen-bond acceptors (Lipinski definition) is 4. The summed E-state index contributed by atoms with van der Waals surface area (Å²) in [5, 5.41) is 16.4. The van der Waals surface area contributed by atoms with Crippen LogP contribution in [0.1, 0.15) is 23.3 Å². The Morgan fingerprint density at radius 1 is 1.00 bits per heavy atom. The van der Waals surface area contributed by atoms with Gasteiger partial charge in [0.25, 0.3) is 0 Å². The zero-order valence-corrected chi connectivity index (χ0v) is 16.2. The second-order valence-electron chi connectivity index (χ2n) is 6.21. The van der Waals surface area contributed by atoms with Crippen molar-refractivity contribution < 1.29 is 0 Å². The van der Waals surface area contributed by atoms with Gasteiger partial charge in [-0.3, -0.25) is 0 Å². The monoisotopic (exact) mass is 411 g/mol. The van der Waals surface area contributed by atoms with Gasteiger partial charge < -0.3 is 5.01 Å². The highest BCUT2D eigenvalue weighted by molar-refractivity contribution is 9.11. The topological polar surface area (TPSA) is 30.3 Å². The highest BCUT2D eigenvalue weighted by atomic mass is 79.9. The lowest BCUT2D eigenvalue weighted by atomic mass is 10.0. The van der Waals surface area contributed by atoms with Crippen LogP contribution < -0.4 is 5.01 Å². The summed E-state index contributed by atoms with van der Waals surface area (Å²) in [7, 11) is 0. The number of nitriles is 1. The van der Waals surface area contributed by atoms with Crippen LogP contribution in [0.4, 0.5) is 5.69 Å². The summed E-state index contributed by atoms with van der Waals surface area (Å²) < 4.78 is 1.18. The number of hydrazine groups is 1. The van der Waals surface area contributed by atoms with Crippen molar-refractivity contribution in [2.75, 3.05) is 18.1 Å². The van der Waals surface area contributed by atoms with Crippen LogP contribution in [-0.2, 0) is 6.54 Å². The third-order valence-electron chi connectivity index (χ3n) is 4.64. The van der Waals surface area contributed by atoms with E-state index >= 15 is 0 Å². The summed E-state index contributed by atoms with van der Waals surface area (Å²) in [6, 6.07) is 18.9. The van der Waals surface area contributed by atoms with Crippen LogP contribution in [0.15, 0.2) is 52.3 Å². The maximum absolute atomic E-state index is 9.41. The van der Waals surface area contributed by atoms with Crippen LogP contribution in [0.3, 0.4) is 0 Å². The van der Waals surface area contributed by atoms with Gasteiger partial charge in [0.1, 0.15) is 0 Å². The molecule has 3 nitrogen and oxygen atoms in total. The van der Waals surface area contributed by atoms with E-state index in [1.165, 1.54) is 27.2 Å². The van der Waals surface area contributed by atoms with Gasteiger partial charge in [-0.25, -0.2) is 5.01 Å². The fourth-order valence-electron chi connectivity index (χ4n) is 3.48. The van der Waals surface area contributed by atoms with Gasteiger partial charge in [-0.1, -0.05) is 24.3 Å². The summed E-state index contributed by atoms with van der Waals surface area (Å²) in [5.74, 6) is 0. The van der Waals surface area contributed by atoms with Gasteiger partial charge in [0.15, 0.2) is 0 Å². The van der Waals surface area contributed by atoms with E-state index in [1.54, 1.807) is 11.3 Å². The van der Waals surface area contributed by atoms with Crippen molar-refractivity contribution in [3.8, 4) is 6.07 Å². The molecule has 0 N–H and O–H groups in total. The van der Waals surface area contributed by atoms with E-state index in [-0.39, 0.29) is 0 Å². The first-order valence-electron chi connectivity index (χ1n) is 8.45. The van der Waals surface area contributed by atoms with Crippen molar-refractivity contribution in [1.29, 1.82) is 5.26 Å². The van der Waals surface area contributed by atoms with E-state index < -0.39 is 0 Å². The molecule has 0 atom stereocenters. The summed E-state index contributed by atoms with van der Waals surface area (Å²) >= 11 is 5.35. The van der Waals surface area contributed by atoms with E-state index in [0.29, 0.717) is 0 Å². The SMILES string of the molecule is N#Cc1ccc(N2CCCCN2Cc2ccc(Br)s2)c2ccccc12. The minimum absolute atomic E-state index is 0.741. The van der Waals surface area contributed by atoms with Gasteiger partial charge in [0, 0.05) is 28.7 Å². The first kappa shape index (κ1) is 16.6. The maximum atomic E-state index is 9.41. The Bertz CT molecular complexity index is 944. The molecule has 0 amide bonds. The van der Waals surface area contributed by atoms with Crippen molar-refractivity contribution in [3.63, 3.8) is 0 Å². The second-order valence-corrected chi connectivity index (χ2v) is 8.76. The van der Waals surface area contributed by atoms with Crippen LogP contribution in [0.2, 0.25) is 0 Å². The Kier molecular flexibility index (Phi) is 4.76. The molecule has 25 heavy (non-hydrogen) atoms. The molecular weight excluding hydrogens is 394 g/mol. The van der Waals surface area contributed by atoms with Crippen molar-refractivity contribution in [2.45, 2.75) is 19.4 Å². The normalized spacial score (nSPS) is 15.4. The molecule has 0 aliphatic carbocycles. The van der Waals surface area contributed by atoms with E-state index in [2.05, 4.69) is 62.3 Å². The van der Waals surface area contributed by atoms with Crippen LogP contribution in [0, 0.1) is 11.3 Å². The summed E-state index contributed by atoms with van der Waals surface area (Å²) in [6.07, 6.45) is 2.41. The Morgan fingerprint density at radius 3 is 2.56 bits per heavy atom. The fraction of sp³-hybridized carbons (Fsp3) is 0.250. The van der Waals surface area contributed by atoms with Crippen LogP contribution in [0.25, 0.3) is 10.8 Å². The van der Waals surface area contributed by atoms with Gasteiger partial charge in [0.2, 0.25) is 0 Å². The highest BCUT2D eigenvalue weighted by Crippen LogP contribution is 2.33. The van der Waals surface area contributed by atoms with Gasteiger partial charge in [-0.2, -0.15) is 5.26 Å². The average molecular weight is 412 g/mol. The average Bonchev–Trinajstić information content (AvgIpc) is 3.06. The quantitative estimate of drug-likeness (QED) is 0.565. The summed E-state index contributed by atoms with van der Waals surface area (Å²) in [6.45, 7) is 3.00. The van der Waals surface area contributed by atoms with Crippen molar-refractivity contribution in [3.05, 3.63) is 62.8 Å². The molecule has 1 fully saturated rings. The Labute approximate surface area is 160 Å². The Hall–Kier alpha value is -1.87. The lowest BCUT2D eigenvalue weighted by Crippen LogP contribution is -2.46. The van der Waals surface area contributed by atoms with E-state index in [9.17, 15) is 5.26 Å². The molecule has 0 saturated carbocycles. The smallest absolute Gasteiger partial charge is 0.0998 e. The second kappa shape index (κ2) is 7.17. The number of benzene rings is 2. The lowest BCUT2D eigenvalue weighted by molar-refractivity contribution is 0.206. The standard InChI is InChI=1S/C20H18BrN3S/c21-20-10-8-16(25-20)14-23-11-3-4-12-24(23)19-9-7-15(13-22)17-5-1-2-6-18(17)19/h1-2,5-10H,3-4,11-12,14H2. The number of hydrogen-bond donors (Lipinski definition) is 0. The van der Waals surface area contributed by atoms with Gasteiger partial charge in [0.05, 0.1) is 27.7 Å². The van der Waals surface area contributed by atoms with Crippen molar-refractivity contribution >= 4 is 43.7 Å². The van der Waals surface area contributed by atoms with Crippen molar-refractivity contribution in [1.82, 2.24) is 5.01 Å². The molecule has 1 saturated heterocycles. The Morgan fingerprint density at radius 2 is 1.80 bits per heavy atom. The molecule has 0 bridgehead atoms. The zero-order valence-electron chi connectivity index (χ0n) is 13.8. The van der Waals surface area contributed by atoms with Gasteiger partial charge in [-0.05, 0) is 53.0 Å². The minimum atomic E-state index is 0.741. The molecule has 2 aromatic carbocycles. The number of fused-ring (bicyclic) bond motifs is 1. The minimum Gasteiger partial charge on any atom is -0.305 e. The first-order chi connectivity index (χ1) is 12.3. The third kappa shape index (κ3) is 3.30. The molecular formula is C20H18BrN3S. The molecule has 1 aliphatic heterocycles. The van der Waals surface area contributed by atoms with Gasteiger partial charge >= 0.3 is 0 Å². The predicted molar refractivity (Wildman–Crippen MR) is 108 cm³/mol. The molecule has 3 aromatic rings. The van der Waals surface area contributed by atoms with E-state index in [0.717, 1.165) is 36.0 Å². The number of rotatable bonds is 3. The number of halogens is 1. The van der Waals surface area contributed by atoms with Crippen LogP contribution in [-0.4, -0.2) is 18.1 Å². The van der Waals surface area contributed by atoms with E-state index in [1.807, 2.05) is 18.2 Å². The van der Waals surface area contributed by atoms with Crippen molar-refractivity contribution in [2.24, 2.45) is 0 Å². The van der Waals surface area contributed by atoms with E-state index in [4.69, 9.17) is 0 Å². The number of anilines is 1. The molecule has 2 heterocycles. The number of thiophene rings is 1. The van der Waals surface area contributed by atoms with Crippen LogP contribution in [0.5, 0.6) is 0 Å². The van der Waals surface area contributed by atoms with Crippen LogP contribution >= 0.6 is 27.3 Å². The fourth-order valence-corrected chi connectivity index (χ4v) is 4.97. The number of nitrogens with zero attached hydrogens (tertiary/aromatic N) is 3. The largest absolute Gasteiger partial charge is 0.305 e. The zero-order chi connectivity index (χ0) is 17.2. The molecule has 0 radical (unpaired) electrons. The summed E-state index contributed by atoms with van der Waals surface area (Å²) in [5.41, 5.74) is 1.94. The molecule has 1 aliphatic rings. The highest BCUT2D eigenvalue weighted by Gasteiger charge is 2.23. The first-order valence-corrected chi connectivity index (χ1v) is 10.1. The third-order valence-corrected chi connectivity index (χ3v) is 6.25. The molecule has 0 unspecified atom stereocenters. The molecule has 1 aromatic heterocycles. The molecule has 0 spiro atoms. The lowest BCUT2D eigenvalue weighted by Gasteiger charge is -2.40. The molecule has 5 heteroatoms. The molecule has 126 valence electrons. The summed E-state index contributed by atoms with van der Waals surface area (Å²) in [4.78, 5) is 1.36. The molecule has 4 rings (SSSR count). The predicted octanol–water partition coefficient (Wildman–Crippen LogP) is 5.55. The Balaban J connectivity index is 1.74.